The van der Waals surface area contributed by atoms with Crippen LogP contribution in [0.4, 0.5) is 5.69 Å². The van der Waals surface area contributed by atoms with Crippen molar-refractivity contribution >= 4 is 22.6 Å². The molecule has 1 saturated carbocycles. The van der Waals surface area contributed by atoms with Crippen LogP contribution in [0.3, 0.4) is 0 Å². The lowest BCUT2D eigenvalue weighted by molar-refractivity contribution is -0.111. The standard InChI is InChI=1S/C21H31N3O2S/c1-2-21(25)22-18-10-12-20(13-11-18)27(26)24-16-14-23(15-17-24)19-8-6-4-3-5-7-9-19/h2,10-13,19H,1,3-9,14-17H2,(H,22,25). The number of carbonyl (C=O) groups is 1. The van der Waals surface area contributed by atoms with E-state index in [0.717, 1.165) is 31.1 Å². The van der Waals surface area contributed by atoms with Crippen LogP contribution < -0.4 is 5.32 Å². The van der Waals surface area contributed by atoms with Crippen LogP contribution in [0.5, 0.6) is 0 Å². The molecular formula is C21H31N3O2S. The first kappa shape index (κ1) is 20.2. The Balaban J connectivity index is 1.51. The fourth-order valence-corrected chi connectivity index (χ4v) is 5.19. The largest absolute Gasteiger partial charge is 0.323 e. The fourth-order valence-electron chi connectivity index (χ4n) is 4.03. The highest BCUT2D eigenvalue weighted by Crippen LogP contribution is 2.23. The molecule has 0 spiro atoms. The van der Waals surface area contributed by atoms with Crippen LogP contribution in [-0.2, 0) is 15.8 Å². The summed E-state index contributed by atoms with van der Waals surface area (Å²) in [5.74, 6) is -0.241. The molecule has 1 unspecified atom stereocenters. The predicted molar refractivity (Wildman–Crippen MR) is 111 cm³/mol. The Morgan fingerprint density at radius 2 is 1.59 bits per heavy atom. The molecule has 2 fully saturated rings. The average molecular weight is 390 g/mol. The maximum Gasteiger partial charge on any atom is 0.247 e. The molecule has 2 aliphatic rings. The van der Waals surface area contributed by atoms with Crippen molar-refractivity contribution in [3.05, 3.63) is 36.9 Å². The van der Waals surface area contributed by atoms with Crippen LogP contribution >= 0.6 is 0 Å². The first-order valence-corrected chi connectivity index (χ1v) is 11.2. The summed E-state index contributed by atoms with van der Waals surface area (Å²) < 4.78 is 15.0. The van der Waals surface area contributed by atoms with E-state index in [1.807, 2.05) is 12.1 Å². The molecule has 5 nitrogen and oxygen atoms in total. The Kier molecular flexibility index (Phi) is 7.61. The lowest BCUT2D eigenvalue weighted by atomic mass is 9.95. The van der Waals surface area contributed by atoms with Gasteiger partial charge < -0.3 is 5.32 Å². The van der Waals surface area contributed by atoms with E-state index in [4.69, 9.17) is 0 Å². The lowest BCUT2D eigenvalue weighted by Gasteiger charge is -2.39. The van der Waals surface area contributed by atoms with Crippen molar-refractivity contribution in [1.29, 1.82) is 0 Å². The number of piperazine rings is 1. The van der Waals surface area contributed by atoms with Gasteiger partial charge in [-0.25, -0.2) is 8.51 Å². The first-order valence-electron chi connectivity index (χ1n) is 10.1. The van der Waals surface area contributed by atoms with Gasteiger partial charge in [0.25, 0.3) is 0 Å². The first-order chi connectivity index (χ1) is 13.2. The minimum Gasteiger partial charge on any atom is -0.323 e. The van der Waals surface area contributed by atoms with Crippen molar-refractivity contribution in [2.75, 3.05) is 31.5 Å². The zero-order valence-corrected chi connectivity index (χ0v) is 16.9. The minimum atomic E-state index is -1.14. The predicted octanol–water partition coefficient (Wildman–Crippen LogP) is 3.56. The van der Waals surface area contributed by atoms with Crippen molar-refractivity contribution in [3.63, 3.8) is 0 Å². The Bertz CT molecular complexity index is 646. The molecular weight excluding hydrogens is 358 g/mol. The van der Waals surface area contributed by atoms with Gasteiger partial charge in [0.05, 0.1) is 4.90 Å². The molecule has 6 heteroatoms. The molecule has 1 saturated heterocycles. The number of amides is 1. The molecule has 0 bridgehead atoms. The molecule has 1 aliphatic carbocycles. The number of hydrogen-bond donors (Lipinski definition) is 1. The van der Waals surface area contributed by atoms with Crippen molar-refractivity contribution in [3.8, 4) is 0 Å². The smallest absolute Gasteiger partial charge is 0.247 e. The average Bonchev–Trinajstić information content (AvgIpc) is 2.68. The summed E-state index contributed by atoms with van der Waals surface area (Å²) in [5, 5.41) is 2.71. The number of rotatable bonds is 5. The van der Waals surface area contributed by atoms with Crippen molar-refractivity contribution in [2.24, 2.45) is 0 Å². The molecule has 148 valence electrons. The maximum atomic E-state index is 12.9. The van der Waals surface area contributed by atoms with Gasteiger partial charge in [-0.1, -0.05) is 38.7 Å². The summed E-state index contributed by atoms with van der Waals surface area (Å²) in [6.45, 7) is 7.14. The summed E-state index contributed by atoms with van der Waals surface area (Å²) in [7, 11) is -1.14. The highest BCUT2D eigenvalue weighted by molar-refractivity contribution is 7.82. The third-order valence-corrected chi connectivity index (χ3v) is 7.12. The van der Waals surface area contributed by atoms with Crippen LogP contribution in [0.2, 0.25) is 0 Å². The van der Waals surface area contributed by atoms with E-state index in [2.05, 4.69) is 21.1 Å². The molecule has 1 aromatic carbocycles. The second-order valence-corrected chi connectivity index (χ2v) is 8.92. The molecule has 0 aromatic heterocycles. The number of hydrogen-bond acceptors (Lipinski definition) is 3. The van der Waals surface area contributed by atoms with E-state index in [1.165, 1.54) is 51.0 Å². The second-order valence-electron chi connectivity index (χ2n) is 7.43. The Labute approximate surface area is 165 Å². The molecule has 1 aliphatic heterocycles. The van der Waals surface area contributed by atoms with Crippen LogP contribution in [0.1, 0.15) is 44.9 Å². The van der Waals surface area contributed by atoms with Gasteiger partial charge in [0.15, 0.2) is 0 Å². The van der Waals surface area contributed by atoms with Gasteiger partial charge in [-0.05, 0) is 43.2 Å². The Hall–Kier alpha value is -1.50. The second kappa shape index (κ2) is 10.2. The molecule has 3 rings (SSSR count). The van der Waals surface area contributed by atoms with E-state index in [9.17, 15) is 9.00 Å². The van der Waals surface area contributed by atoms with E-state index < -0.39 is 11.0 Å². The SMILES string of the molecule is C=CC(=O)Nc1ccc(S(=O)N2CCN(C3CCCCCCC3)CC2)cc1. The normalized spacial score (nSPS) is 21.8. The number of benzene rings is 1. The van der Waals surface area contributed by atoms with E-state index in [0.29, 0.717) is 11.7 Å². The van der Waals surface area contributed by atoms with Crippen LogP contribution in [-0.4, -0.2) is 51.5 Å². The van der Waals surface area contributed by atoms with E-state index in [-0.39, 0.29) is 5.91 Å². The van der Waals surface area contributed by atoms with E-state index in [1.54, 1.807) is 12.1 Å². The van der Waals surface area contributed by atoms with Crippen LogP contribution in [0.25, 0.3) is 0 Å². The van der Waals surface area contributed by atoms with Crippen molar-refractivity contribution < 1.29 is 9.00 Å². The van der Waals surface area contributed by atoms with Gasteiger partial charge in [-0.15, -0.1) is 0 Å². The van der Waals surface area contributed by atoms with Gasteiger partial charge in [-0.3, -0.25) is 9.69 Å². The van der Waals surface area contributed by atoms with Gasteiger partial charge in [0.1, 0.15) is 11.0 Å². The number of nitrogens with one attached hydrogen (secondary N) is 1. The summed E-state index contributed by atoms with van der Waals surface area (Å²) in [6, 6.07) is 7.96. The third kappa shape index (κ3) is 5.74. The summed E-state index contributed by atoms with van der Waals surface area (Å²) in [6.07, 6.45) is 10.7. The summed E-state index contributed by atoms with van der Waals surface area (Å²) in [5.41, 5.74) is 0.690. The van der Waals surface area contributed by atoms with Crippen LogP contribution in [0, 0.1) is 0 Å². The molecule has 1 atom stereocenters. The highest BCUT2D eigenvalue weighted by Gasteiger charge is 2.26. The molecule has 1 amide bonds. The fraction of sp³-hybridized carbons (Fsp3) is 0.571. The number of anilines is 1. The van der Waals surface area contributed by atoms with Crippen molar-refractivity contribution in [1.82, 2.24) is 9.21 Å². The zero-order chi connectivity index (χ0) is 19.1. The quantitative estimate of drug-likeness (QED) is 0.784. The molecule has 1 N–H and O–H groups in total. The number of nitrogens with zero attached hydrogens (tertiary/aromatic N) is 2. The third-order valence-electron chi connectivity index (χ3n) is 5.61. The van der Waals surface area contributed by atoms with E-state index >= 15 is 0 Å². The molecule has 1 aromatic rings. The van der Waals surface area contributed by atoms with Crippen molar-refractivity contribution in [2.45, 2.75) is 55.9 Å². The van der Waals surface area contributed by atoms with Gasteiger partial charge in [-0.2, -0.15) is 0 Å². The van der Waals surface area contributed by atoms with Gasteiger partial charge in [0.2, 0.25) is 5.91 Å². The lowest BCUT2D eigenvalue weighted by Crippen LogP contribution is -2.50. The topological polar surface area (TPSA) is 52.7 Å². The monoisotopic (exact) mass is 389 g/mol. The maximum absolute atomic E-state index is 12.9. The Morgan fingerprint density at radius 3 is 2.19 bits per heavy atom. The van der Waals surface area contributed by atoms with Gasteiger partial charge >= 0.3 is 0 Å². The highest BCUT2D eigenvalue weighted by atomic mass is 32.2. The summed E-state index contributed by atoms with van der Waals surface area (Å²) >= 11 is 0. The molecule has 1 heterocycles. The van der Waals surface area contributed by atoms with Gasteiger partial charge in [0, 0.05) is 37.9 Å². The zero-order valence-electron chi connectivity index (χ0n) is 16.1. The summed E-state index contributed by atoms with van der Waals surface area (Å²) in [4.78, 5) is 14.7. The molecule has 27 heavy (non-hydrogen) atoms. The number of carbonyl (C=O) groups excluding carboxylic acids is 1. The molecule has 0 radical (unpaired) electrons. The Morgan fingerprint density at radius 1 is 1.00 bits per heavy atom. The van der Waals surface area contributed by atoms with Crippen LogP contribution in [0.15, 0.2) is 41.8 Å². The minimum absolute atomic E-state index is 0.241.